The molecule has 0 aromatic rings. The number of ether oxygens (including phenoxy) is 3. The van der Waals surface area contributed by atoms with E-state index >= 15 is 0 Å². The summed E-state index contributed by atoms with van der Waals surface area (Å²) < 4.78 is 16.7. The van der Waals surface area contributed by atoms with Crippen LogP contribution in [0.4, 0.5) is 4.79 Å². The molecule has 0 aliphatic carbocycles. The Morgan fingerprint density at radius 1 is 1.13 bits per heavy atom. The van der Waals surface area contributed by atoms with Crippen molar-refractivity contribution in [1.29, 1.82) is 0 Å². The molecule has 6 nitrogen and oxygen atoms in total. The van der Waals surface area contributed by atoms with Crippen LogP contribution < -0.4 is 0 Å². The van der Waals surface area contributed by atoms with Gasteiger partial charge in [0.25, 0.3) is 0 Å². The van der Waals surface area contributed by atoms with Crippen LogP contribution in [-0.2, 0) is 19.0 Å². The smallest absolute Gasteiger partial charge is 0.410 e. The zero-order valence-electron chi connectivity index (χ0n) is 14.4. The highest BCUT2D eigenvalue weighted by Gasteiger charge is 2.57. The molecule has 6 heteroatoms. The van der Waals surface area contributed by atoms with Crippen molar-refractivity contribution in [1.82, 2.24) is 4.90 Å². The molecule has 3 heterocycles. The third-order valence-electron chi connectivity index (χ3n) is 5.18. The second-order valence-electron chi connectivity index (χ2n) is 8.11. The fourth-order valence-electron chi connectivity index (χ4n) is 3.88. The Balaban J connectivity index is 1.60. The van der Waals surface area contributed by atoms with E-state index in [4.69, 9.17) is 14.2 Å². The average molecular weight is 325 g/mol. The van der Waals surface area contributed by atoms with E-state index in [1.165, 1.54) is 0 Å². The summed E-state index contributed by atoms with van der Waals surface area (Å²) in [4.78, 5) is 26.3. The molecule has 0 unspecified atom stereocenters. The molecule has 130 valence electrons. The number of hydrogen-bond acceptors (Lipinski definition) is 5. The monoisotopic (exact) mass is 325 g/mol. The van der Waals surface area contributed by atoms with Gasteiger partial charge in [0.15, 0.2) is 0 Å². The Hall–Kier alpha value is -1.30. The zero-order chi connectivity index (χ0) is 16.7. The summed E-state index contributed by atoms with van der Waals surface area (Å²) in [6, 6.07) is 0. The Morgan fingerprint density at radius 3 is 2.30 bits per heavy atom. The van der Waals surface area contributed by atoms with E-state index in [0.717, 1.165) is 19.3 Å². The summed E-state index contributed by atoms with van der Waals surface area (Å²) in [7, 11) is 0. The first-order chi connectivity index (χ1) is 10.7. The highest BCUT2D eigenvalue weighted by molar-refractivity contribution is 5.80. The Morgan fingerprint density at radius 2 is 1.74 bits per heavy atom. The molecule has 3 rings (SSSR count). The van der Waals surface area contributed by atoms with Gasteiger partial charge < -0.3 is 19.1 Å². The number of carbonyl (C=O) groups is 2. The molecule has 0 radical (unpaired) electrons. The van der Waals surface area contributed by atoms with Gasteiger partial charge in [-0.3, -0.25) is 4.79 Å². The number of likely N-dealkylation sites (tertiary alicyclic amines) is 1. The number of nitrogens with zero attached hydrogens (tertiary/aromatic N) is 1. The average Bonchev–Trinajstić information content (AvgIpc) is 2.70. The van der Waals surface area contributed by atoms with Crippen molar-refractivity contribution < 1.29 is 23.8 Å². The molecule has 0 saturated carbocycles. The number of hydrogen-bond donors (Lipinski definition) is 0. The topological polar surface area (TPSA) is 65.1 Å². The molecule has 3 aliphatic rings. The van der Waals surface area contributed by atoms with E-state index in [0.29, 0.717) is 39.1 Å². The van der Waals surface area contributed by atoms with Gasteiger partial charge in [-0.05, 0) is 33.6 Å². The van der Waals surface area contributed by atoms with Crippen LogP contribution in [0.25, 0.3) is 0 Å². The van der Waals surface area contributed by atoms with E-state index in [2.05, 4.69) is 0 Å². The summed E-state index contributed by atoms with van der Waals surface area (Å²) in [5, 5.41) is 0. The number of rotatable bonds is 0. The van der Waals surface area contributed by atoms with Crippen LogP contribution in [0.1, 0.15) is 52.9 Å². The summed E-state index contributed by atoms with van der Waals surface area (Å²) >= 11 is 0. The van der Waals surface area contributed by atoms with Crippen LogP contribution >= 0.6 is 0 Å². The summed E-state index contributed by atoms with van der Waals surface area (Å²) in [6.07, 6.45) is 3.38. The molecule has 0 aromatic carbocycles. The van der Waals surface area contributed by atoms with E-state index < -0.39 is 11.2 Å². The first-order valence-electron chi connectivity index (χ1n) is 8.53. The molecular weight excluding hydrogens is 298 g/mol. The fraction of sp³-hybridized carbons (Fsp3) is 0.882. The standard InChI is InChI=1S/C17H27NO5/c1-15(2,3)23-14(20)18-8-4-17(5-9-18)12-16(13(19)22-17)6-10-21-11-7-16/h4-12H2,1-3H3. The van der Waals surface area contributed by atoms with E-state index in [1.807, 2.05) is 20.8 Å². The van der Waals surface area contributed by atoms with E-state index in [9.17, 15) is 9.59 Å². The predicted molar refractivity (Wildman–Crippen MR) is 83.0 cm³/mol. The van der Waals surface area contributed by atoms with Crippen LogP contribution in [0.5, 0.6) is 0 Å². The Bertz CT molecular complexity index is 482. The second-order valence-corrected chi connectivity index (χ2v) is 8.11. The molecule has 0 bridgehead atoms. The maximum absolute atomic E-state index is 12.4. The van der Waals surface area contributed by atoms with Crippen molar-refractivity contribution in [3.8, 4) is 0 Å². The van der Waals surface area contributed by atoms with Gasteiger partial charge in [-0.15, -0.1) is 0 Å². The normalized spacial score (nSPS) is 26.4. The van der Waals surface area contributed by atoms with Crippen molar-refractivity contribution in [2.45, 2.75) is 64.1 Å². The molecule has 3 aliphatic heterocycles. The lowest BCUT2D eigenvalue weighted by molar-refractivity contribution is -0.159. The van der Waals surface area contributed by atoms with Crippen molar-refractivity contribution in [3.63, 3.8) is 0 Å². The molecule has 0 atom stereocenters. The lowest BCUT2D eigenvalue weighted by Crippen LogP contribution is -2.48. The highest BCUT2D eigenvalue weighted by atomic mass is 16.6. The Kier molecular flexibility index (Phi) is 4.07. The van der Waals surface area contributed by atoms with Crippen molar-refractivity contribution in [2.24, 2.45) is 5.41 Å². The van der Waals surface area contributed by atoms with E-state index in [-0.39, 0.29) is 17.5 Å². The second kappa shape index (κ2) is 5.65. The molecular formula is C17H27NO5. The third-order valence-corrected chi connectivity index (χ3v) is 5.18. The molecule has 2 spiro atoms. The summed E-state index contributed by atoms with van der Waals surface area (Å²) in [6.45, 7) is 8.02. The predicted octanol–water partition coefficient (Wildman–Crippen LogP) is 2.50. The van der Waals surface area contributed by atoms with Crippen LogP contribution in [0.15, 0.2) is 0 Å². The van der Waals surface area contributed by atoms with Gasteiger partial charge in [0.1, 0.15) is 11.2 Å². The first-order valence-corrected chi connectivity index (χ1v) is 8.53. The maximum Gasteiger partial charge on any atom is 0.410 e. The van der Waals surface area contributed by atoms with Gasteiger partial charge in [-0.2, -0.15) is 0 Å². The summed E-state index contributed by atoms with van der Waals surface area (Å²) in [5.74, 6) is -0.0634. The molecule has 3 saturated heterocycles. The SMILES string of the molecule is CC(C)(C)OC(=O)N1CCC2(CC1)CC1(CCOCC1)C(=O)O2. The number of esters is 1. The molecule has 0 aromatic heterocycles. The summed E-state index contributed by atoms with van der Waals surface area (Å²) in [5.41, 5.74) is -1.24. The fourth-order valence-corrected chi connectivity index (χ4v) is 3.88. The van der Waals surface area contributed by atoms with E-state index in [1.54, 1.807) is 4.90 Å². The molecule has 1 amide bonds. The minimum atomic E-state index is -0.488. The van der Waals surface area contributed by atoms with Gasteiger partial charge in [0.05, 0.1) is 5.41 Å². The van der Waals surface area contributed by atoms with Gasteiger partial charge in [-0.1, -0.05) is 0 Å². The first kappa shape index (κ1) is 16.6. The van der Waals surface area contributed by atoms with Crippen LogP contribution in [0, 0.1) is 5.41 Å². The zero-order valence-corrected chi connectivity index (χ0v) is 14.4. The molecule has 3 fully saturated rings. The molecule has 23 heavy (non-hydrogen) atoms. The highest BCUT2D eigenvalue weighted by Crippen LogP contribution is 2.50. The maximum atomic E-state index is 12.4. The number of piperidine rings is 1. The minimum Gasteiger partial charge on any atom is -0.458 e. The van der Waals surface area contributed by atoms with Gasteiger partial charge >= 0.3 is 12.1 Å². The van der Waals surface area contributed by atoms with Crippen molar-refractivity contribution >= 4 is 12.1 Å². The minimum absolute atomic E-state index is 0.0634. The van der Waals surface area contributed by atoms with Crippen molar-refractivity contribution in [2.75, 3.05) is 26.3 Å². The van der Waals surface area contributed by atoms with Crippen LogP contribution in [0.2, 0.25) is 0 Å². The van der Waals surface area contributed by atoms with Crippen LogP contribution in [-0.4, -0.2) is 54.5 Å². The Labute approximate surface area is 137 Å². The lowest BCUT2D eigenvalue weighted by Gasteiger charge is -2.39. The van der Waals surface area contributed by atoms with Crippen molar-refractivity contribution in [3.05, 3.63) is 0 Å². The third kappa shape index (κ3) is 3.32. The van der Waals surface area contributed by atoms with Gasteiger partial charge in [0.2, 0.25) is 0 Å². The largest absolute Gasteiger partial charge is 0.458 e. The molecule has 0 N–H and O–H groups in total. The van der Waals surface area contributed by atoms with Crippen LogP contribution in [0.3, 0.4) is 0 Å². The van der Waals surface area contributed by atoms with Gasteiger partial charge in [-0.25, -0.2) is 4.79 Å². The number of carbonyl (C=O) groups excluding carboxylic acids is 2. The van der Waals surface area contributed by atoms with Gasteiger partial charge in [0, 0.05) is 45.6 Å². The quantitative estimate of drug-likeness (QED) is 0.640. The number of amides is 1. The lowest BCUT2D eigenvalue weighted by atomic mass is 9.72.